The third-order valence-electron chi connectivity index (χ3n) is 4.37. The van der Waals surface area contributed by atoms with E-state index in [1.54, 1.807) is 6.07 Å². The molecule has 10 heteroatoms. The van der Waals surface area contributed by atoms with Gasteiger partial charge in [-0.25, -0.2) is 4.39 Å². The number of carbonyl (C=O) groups is 2. The molecule has 3 aromatic rings. The highest BCUT2D eigenvalue weighted by atomic mass is 127. The molecule has 0 aliphatic heterocycles. The highest BCUT2D eigenvalue weighted by molar-refractivity contribution is 14.1. The zero-order valence-corrected chi connectivity index (χ0v) is 18.9. The van der Waals surface area contributed by atoms with Crippen LogP contribution in [0, 0.1) is 12.7 Å². The summed E-state index contributed by atoms with van der Waals surface area (Å²) >= 11 is 3.05. The van der Waals surface area contributed by atoms with E-state index in [2.05, 4.69) is 13.3 Å². The normalized spacial score (nSPS) is 11.7. The summed E-state index contributed by atoms with van der Waals surface area (Å²) in [5, 5.41) is 5.17. The summed E-state index contributed by atoms with van der Waals surface area (Å²) in [7, 11) is 0. The van der Waals surface area contributed by atoms with Crippen LogP contribution < -0.4 is 19.7 Å². The number of aromatic nitrogens is 1. The van der Waals surface area contributed by atoms with Crippen molar-refractivity contribution in [2.75, 3.05) is 10.3 Å². The second-order valence-electron chi connectivity index (χ2n) is 6.52. The quantitative estimate of drug-likeness (QED) is 0.165. The highest BCUT2D eigenvalue weighted by Crippen LogP contribution is 2.32. The molecule has 0 aliphatic rings. The Bertz CT molecular complexity index is 1050. The van der Waals surface area contributed by atoms with Crippen LogP contribution in [0.15, 0.2) is 48.5 Å². The summed E-state index contributed by atoms with van der Waals surface area (Å²) in [5.74, 6) is -1.45. The summed E-state index contributed by atoms with van der Waals surface area (Å²) in [4.78, 5) is 23.7. The van der Waals surface area contributed by atoms with Gasteiger partial charge in [0.1, 0.15) is 23.1 Å². The van der Waals surface area contributed by atoms with Crippen LogP contribution in [-0.4, -0.2) is 22.6 Å². The van der Waals surface area contributed by atoms with E-state index >= 15 is 0 Å². The lowest BCUT2D eigenvalue weighted by Crippen LogP contribution is -2.44. The van der Waals surface area contributed by atoms with Gasteiger partial charge in [0.05, 0.1) is 22.6 Å². The van der Waals surface area contributed by atoms with Crippen molar-refractivity contribution in [2.24, 2.45) is 5.73 Å². The number of halogens is 2. The fourth-order valence-corrected chi connectivity index (χ4v) is 4.24. The van der Waals surface area contributed by atoms with E-state index in [0.717, 1.165) is 23.6 Å². The van der Waals surface area contributed by atoms with Gasteiger partial charge in [-0.1, -0.05) is 30.3 Å². The number of anilines is 3. The van der Waals surface area contributed by atoms with Crippen LogP contribution in [0.25, 0.3) is 0 Å². The number of nitrogens with zero attached hydrogens (tertiary/aromatic N) is 2. The molecular formula is C20H19FIN5O2S. The van der Waals surface area contributed by atoms with Crippen molar-refractivity contribution in [3.8, 4) is 0 Å². The first kappa shape index (κ1) is 22.1. The maximum atomic E-state index is 15.0. The average molecular weight is 539 g/mol. The number of hydrogen-bond acceptors (Lipinski definition) is 7. The summed E-state index contributed by atoms with van der Waals surface area (Å²) < 4.78 is 22.0. The fourth-order valence-electron chi connectivity index (χ4n) is 2.95. The fraction of sp³-hybridized carbons (Fsp3) is 0.150. The van der Waals surface area contributed by atoms with Gasteiger partial charge in [-0.05, 0) is 42.2 Å². The van der Waals surface area contributed by atoms with Crippen molar-refractivity contribution < 1.29 is 14.0 Å². The number of aldehydes is 1. The minimum Gasteiger partial charge on any atom is -0.366 e. The minimum atomic E-state index is -0.769. The molecule has 0 spiro atoms. The molecule has 2 aromatic carbocycles. The smallest absolute Gasteiger partial charge is 0.250 e. The van der Waals surface area contributed by atoms with E-state index < -0.39 is 17.8 Å². The monoisotopic (exact) mass is 539 g/mol. The number of benzene rings is 2. The average Bonchev–Trinajstić information content (AvgIpc) is 3.14. The lowest BCUT2D eigenvalue weighted by molar-refractivity contribution is -0.109. The lowest BCUT2D eigenvalue weighted by atomic mass is 10.0. The first-order valence-corrected chi connectivity index (χ1v) is 10.8. The Labute approximate surface area is 191 Å². The maximum absolute atomic E-state index is 15.0. The SMILES string of the molecule is Cc1cc(Nc2cc(N(NI)C(C=O)Cc3ccccc3)c(F)cc2C(N)=O)sn1. The standard InChI is InChI=1S/C20H19FIN5O2S/c1-12-7-19(30-25-12)24-17-10-18(16(21)9-15(17)20(23)29)27(26-22)14(11-28)8-13-5-3-2-4-6-13/h2-7,9-11,14,24,26H,8H2,1H3,(H2,23,29). The molecule has 7 nitrogen and oxygen atoms in total. The van der Waals surface area contributed by atoms with Gasteiger partial charge in [0, 0.05) is 29.3 Å². The van der Waals surface area contributed by atoms with Gasteiger partial charge < -0.3 is 15.8 Å². The number of hydrogen-bond donors (Lipinski definition) is 3. The summed E-state index contributed by atoms with van der Waals surface area (Å²) in [6.45, 7) is 1.84. The molecule has 30 heavy (non-hydrogen) atoms. The van der Waals surface area contributed by atoms with Crippen LogP contribution in [0.5, 0.6) is 0 Å². The van der Waals surface area contributed by atoms with Crippen LogP contribution in [-0.2, 0) is 11.2 Å². The van der Waals surface area contributed by atoms with Gasteiger partial charge in [-0.2, -0.15) is 8.01 Å². The number of carbonyl (C=O) groups excluding carboxylic acids is 2. The van der Waals surface area contributed by atoms with Crippen LogP contribution in [0.2, 0.25) is 0 Å². The van der Waals surface area contributed by atoms with Crippen molar-refractivity contribution >= 4 is 63.0 Å². The number of nitrogens with two attached hydrogens (primary N) is 1. The first-order chi connectivity index (χ1) is 14.4. The van der Waals surface area contributed by atoms with Crippen molar-refractivity contribution in [1.82, 2.24) is 8.01 Å². The molecule has 0 saturated heterocycles. The number of rotatable bonds is 9. The Balaban J connectivity index is 2.00. The first-order valence-electron chi connectivity index (χ1n) is 8.91. The van der Waals surface area contributed by atoms with Gasteiger partial charge >= 0.3 is 0 Å². The largest absolute Gasteiger partial charge is 0.366 e. The summed E-state index contributed by atoms with van der Waals surface area (Å²) in [6.07, 6.45) is 1.12. The van der Waals surface area contributed by atoms with Crippen molar-refractivity contribution in [3.05, 3.63) is 71.2 Å². The molecule has 1 atom stereocenters. The zero-order valence-electron chi connectivity index (χ0n) is 15.9. The van der Waals surface area contributed by atoms with Crippen molar-refractivity contribution in [3.63, 3.8) is 0 Å². The number of aryl methyl sites for hydroxylation is 1. The molecule has 1 heterocycles. The Morgan fingerprint density at radius 2 is 2.07 bits per heavy atom. The van der Waals surface area contributed by atoms with Gasteiger partial charge in [0.25, 0.3) is 5.91 Å². The van der Waals surface area contributed by atoms with Gasteiger partial charge in [-0.15, -0.1) is 0 Å². The van der Waals surface area contributed by atoms with Gasteiger partial charge in [0.2, 0.25) is 0 Å². The molecule has 156 valence electrons. The molecule has 0 fully saturated rings. The van der Waals surface area contributed by atoms with E-state index in [1.165, 1.54) is 22.6 Å². The Morgan fingerprint density at radius 3 is 2.63 bits per heavy atom. The van der Waals surface area contributed by atoms with Gasteiger partial charge in [0.15, 0.2) is 0 Å². The minimum absolute atomic E-state index is 0.00132. The highest BCUT2D eigenvalue weighted by Gasteiger charge is 2.24. The van der Waals surface area contributed by atoms with Crippen LogP contribution in [0.4, 0.5) is 20.8 Å². The molecule has 1 amide bonds. The second kappa shape index (κ2) is 9.96. The third kappa shape index (κ3) is 5.12. The maximum Gasteiger partial charge on any atom is 0.250 e. The molecule has 1 aromatic heterocycles. The second-order valence-corrected chi connectivity index (χ2v) is 7.81. The number of amides is 1. The predicted octanol–water partition coefficient (Wildman–Crippen LogP) is 3.90. The summed E-state index contributed by atoms with van der Waals surface area (Å²) in [6, 6.07) is 13.1. The predicted molar refractivity (Wildman–Crippen MR) is 125 cm³/mol. The molecular weight excluding hydrogens is 520 g/mol. The molecule has 0 aliphatic carbocycles. The molecule has 0 radical (unpaired) electrons. The zero-order chi connectivity index (χ0) is 21.7. The Hall–Kier alpha value is -2.57. The molecule has 1 unspecified atom stereocenters. The molecule has 4 N–H and O–H groups in total. The third-order valence-corrected chi connectivity index (χ3v) is 5.68. The summed E-state index contributed by atoms with van der Waals surface area (Å²) in [5.41, 5.74) is 7.61. The van der Waals surface area contributed by atoms with Crippen LogP contribution >= 0.6 is 34.4 Å². The Kier molecular flexibility index (Phi) is 7.34. The number of nitrogens with one attached hydrogen (secondary N) is 2. The van der Waals surface area contributed by atoms with E-state index in [4.69, 9.17) is 5.73 Å². The Morgan fingerprint density at radius 1 is 1.33 bits per heavy atom. The van der Waals surface area contributed by atoms with Crippen LogP contribution in [0.1, 0.15) is 21.6 Å². The number of hydrazine groups is 1. The van der Waals surface area contributed by atoms with Crippen LogP contribution in [0.3, 0.4) is 0 Å². The molecule has 3 rings (SSSR count). The van der Waals surface area contributed by atoms with Crippen molar-refractivity contribution in [2.45, 2.75) is 19.4 Å². The lowest BCUT2D eigenvalue weighted by Gasteiger charge is -2.29. The van der Waals surface area contributed by atoms with Gasteiger partial charge in [-0.3, -0.25) is 9.80 Å². The van der Waals surface area contributed by atoms with E-state index in [1.807, 2.05) is 60.1 Å². The topological polar surface area (TPSA) is 100 Å². The molecule has 0 bridgehead atoms. The number of primary amides is 1. The van der Waals surface area contributed by atoms with E-state index in [0.29, 0.717) is 17.1 Å². The van der Waals surface area contributed by atoms with Crippen molar-refractivity contribution in [1.29, 1.82) is 0 Å². The van der Waals surface area contributed by atoms with E-state index in [-0.39, 0.29) is 11.3 Å². The molecule has 0 saturated carbocycles. The van der Waals surface area contributed by atoms with E-state index in [9.17, 15) is 14.0 Å².